The molecule has 0 radical (unpaired) electrons. The first-order valence-corrected chi connectivity index (χ1v) is 8.12. The summed E-state index contributed by atoms with van der Waals surface area (Å²) in [5.41, 5.74) is 2.10. The fourth-order valence-electron chi connectivity index (χ4n) is 3.59. The maximum absolute atomic E-state index is 3.64. The number of hydrogen-bond donors (Lipinski definition) is 1. The Bertz CT molecular complexity index is 440. The third-order valence-electron chi connectivity index (χ3n) is 4.89. The van der Waals surface area contributed by atoms with E-state index >= 15 is 0 Å². The van der Waals surface area contributed by atoms with Gasteiger partial charge in [-0.05, 0) is 62.4 Å². The van der Waals surface area contributed by atoms with Crippen LogP contribution in [0, 0.1) is 11.3 Å². The van der Waals surface area contributed by atoms with Gasteiger partial charge in [-0.2, -0.15) is 0 Å². The third-order valence-corrected chi connectivity index (χ3v) is 5.66. The molecule has 2 aliphatic rings. The van der Waals surface area contributed by atoms with Crippen molar-refractivity contribution in [2.75, 3.05) is 26.7 Å². The minimum atomic E-state index is 0.702. The number of nitrogens with one attached hydrogen (secondary N) is 1. The van der Waals surface area contributed by atoms with Gasteiger partial charge in [0.25, 0.3) is 0 Å². The van der Waals surface area contributed by atoms with Crippen molar-refractivity contribution < 1.29 is 0 Å². The number of hydrogen-bond acceptors (Lipinski definition) is 2. The second-order valence-electron chi connectivity index (χ2n) is 6.30. The summed E-state index contributed by atoms with van der Waals surface area (Å²) in [5.74, 6) is 0.932. The van der Waals surface area contributed by atoms with E-state index in [0.717, 1.165) is 12.5 Å². The lowest BCUT2D eigenvalue weighted by Crippen LogP contribution is -2.31. The average molecular weight is 323 g/mol. The van der Waals surface area contributed by atoms with Crippen molar-refractivity contribution >= 4 is 15.9 Å². The molecule has 1 atom stereocenters. The van der Waals surface area contributed by atoms with E-state index in [9.17, 15) is 0 Å². The number of piperidine rings is 1. The van der Waals surface area contributed by atoms with Crippen LogP contribution in [0.2, 0.25) is 0 Å². The molecular weight excluding hydrogens is 300 g/mol. The Kier molecular flexibility index (Phi) is 3.97. The van der Waals surface area contributed by atoms with Crippen molar-refractivity contribution in [1.82, 2.24) is 10.2 Å². The lowest BCUT2D eigenvalue weighted by molar-refractivity contribution is 0.257. The molecule has 1 N–H and O–H groups in total. The molecule has 1 heterocycles. The predicted molar refractivity (Wildman–Crippen MR) is 83.1 cm³/mol. The first-order valence-electron chi connectivity index (χ1n) is 7.32. The summed E-state index contributed by atoms with van der Waals surface area (Å²) >= 11 is 3.64. The molecule has 1 aliphatic heterocycles. The van der Waals surface area contributed by atoms with E-state index < -0.39 is 0 Å². The van der Waals surface area contributed by atoms with Crippen LogP contribution in [0.5, 0.6) is 0 Å². The van der Waals surface area contributed by atoms with E-state index in [-0.39, 0.29) is 0 Å². The van der Waals surface area contributed by atoms with Crippen LogP contribution in [0.4, 0.5) is 0 Å². The predicted octanol–water partition coefficient (Wildman–Crippen LogP) is 3.27. The van der Waals surface area contributed by atoms with Crippen LogP contribution in [-0.4, -0.2) is 31.6 Å². The maximum atomic E-state index is 3.64. The van der Waals surface area contributed by atoms with Gasteiger partial charge in [0.05, 0.1) is 0 Å². The Morgan fingerprint density at radius 2 is 2.05 bits per heavy atom. The van der Waals surface area contributed by atoms with Crippen molar-refractivity contribution in [1.29, 1.82) is 0 Å². The van der Waals surface area contributed by atoms with E-state index in [1.54, 1.807) is 0 Å². The van der Waals surface area contributed by atoms with Crippen LogP contribution in [0.3, 0.4) is 0 Å². The summed E-state index contributed by atoms with van der Waals surface area (Å²) < 4.78 is 1.23. The van der Waals surface area contributed by atoms with E-state index in [1.165, 1.54) is 48.9 Å². The van der Waals surface area contributed by atoms with Gasteiger partial charge in [-0.3, -0.25) is 0 Å². The number of nitrogens with zero attached hydrogens (tertiary/aromatic N) is 1. The molecule has 0 aromatic heterocycles. The molecule has 2 nitrogen and oxygen atoms in total. The van der Waals surface area contributed by atoms with Crippen molar-refractivity contribution in [3.05, 3.63) is 34.3 Å². The lowest BCUT2D eigenvalue weighted by atomic mass is 9.92. The van der Waals surface area contributed by atoms with E-state index in [1.807, 2.05) is 0 Å². The molecule has 1 aromatic rings. The molecule has 1 aromatic carbocycles. The highest BCUT2D eigenvalue weighted by Crippen LogP contribution is 2.58. The van der Waals surface area contributed by atoms with Gasteiger partial charge < -0.3 is 10.2 Å². The lowest BCUT2D eigenvalue weighted by Gasteiger charge is -2.25. The molecule has 2 fully saturated rings. The molecule has 1 spiro atoms. The van der Waals surface area contributed by atoms with Gasteiger partial charge in [0, 0.05) is 17.6 Å². The van der Waals surface area contributed by atoms with Gasteiger partial charge in [0.1, 0.15) is 0 Å². The van der Waals surface area contributed by atoms with Crippen molar-refractivity contribution in [3.63, 3.8) is 0 Å². The zero-order valence-electron chi connectivity index (χ0n) is 11.7. The summed E-state index contributed by atoms with van der Waals surface area (Å²) in [4.78, 5) is 2.49. The van der Waals surface area contributed by atoms with E-state index in [2.05, 4.69) is 57.5 Å². The van der Waals surface area contributed by atoms with Crippen LogP contribution in [0.25, 0.3) is 0 Å². The quantitative estimate of drug-likeness (QED) is 0.915. The standard InChI is InChI=1S/C16H23BrN2/c1-19(11-13-4-2-3-5-15(13)17)12-14-10-16(14)6-8-18-9-7-16/h2-5,14,18H,6-12H2,1H3. The van der Waals surface area contributed by atoms with Gasteiger partial charge in [-0.25, -0.2) is 0 Å². The largest absolute Gasteiger partial charge is 0.317 e. The number of rotatable bonds is 4. The molecule has 0 amide bonds. The van der Waals surface area contributed by atoms with Gasteiger partial charge in [-0.1, -0.05) is 34.1 Å². The second kappa shape index (κ2) is 5.55. The summed E-state index contributed by atoms with van der Waals surface area (Å²) in [6.07, 6.45) is 4.23. The van der Waals surface area contributed by atoms with Gasteiger partial charge in [-0.15, -0.1) is 0 Å². The Morgan fingerprint density at radius 3 is 2.79 bits per heavy atom. The maximum Gasteiger partial charge on any atom is 0.0242 e. The molecular formula is C16H23BrN2. The van der Waals surface area contributed by atoms with Crippen LogP contribution in [0.1, 0.15) is 24.8 Å². The van der Waals surface area contributed by atoms with Crippen LogP contribution < -0.4 is 5.32 Å². The first kappa shape index (κ1) is 13.6. The Balaban J connectivity index is 1.53. The highest BCUT2D eigenvalue weighted by atomic mass is 79.9. The molecule has 1 saturated carbocycles. The molecule has 19 heavy (non-hydrogen) atoms. The topological polar surface area (TPSA) is 15.3 Å². The molecule has 1 saturated heterocycles. The SMILES string of the molecule is CN(Cc1ccccc1Br)CC1CC12CCNCC2. The Hall–Kier alpha value is -0.380. The molecule has 1 aliphatic carbocycles. The summed E-state index contributed by atoms with van der Waals surface area (Å²) in [7, 11) is 2.26. The normalized spacial score (nSPS) is 24.9. The fourth-order valence-corrected chi connectivity index (χ4v) is 4.00. The van der Waals surface area contributed by atoms with Crippen LogP contribution in [-0.2, 0) is 6.54 Å². The fraction of sp³-hybridized carbons (Fsp3) is 0.625. The third kappa shape index (κ3) is 3.04. The molecule has 3 rings (SSSR count). The summed E-state index contributed by atoms with van der Waals surface area (Å²) in [6.45, 7) is 4.75. The highest BCUT2D eigenvalue weighted by Gasteiger charge is 2.53. The summed E-state index contributed by atoms with van der Waals surface area (Å²) in [6, 6.07) is 8.56. The monoisotopic (exact) mass is 322 g/mol. The minimum absolute atomic E-state index is 0.702. The Labute approximate surface area is 124 Å². The number of benzene rings is 1. The summed E-state index contributed by atoms with van der Waals surface area (Å²) in [5, 5.41) is 3.48. The van der Waals surface area contributed by atoms with Crippen molar-refractivity contribution in [2.24, 2.45) is 11.3 Å². The van der Waals surface area contributed by atoms with Gasteiger partial charge >= 0.3 is 0 Å². The molecule has 0 bridgehead atoms. The van der Waals surface area contributed by atoms with Gasteiger partial charge in [0.15, 0.2) is 0 Å². The van der Waals surface area contributed by atoms with E-state index in [0.29, 0.717) is 5.41 Å². The van der Waals surface area contributed by atoms with Crippen LogP contribution >= 0.6 is 15.9 Å². The zero-order chi connectivity index (χ0) is 13.3. The first-order chi connectivity index (χ1) is 9.20. The molecule has 3 heteroatoms. The smallest absolute Gasteiger partial charge is 0.0242 e. The average Bonchev–Trinajstić information content (AvgIpc) is 3.04. The highest BCUT2D eigenvalue weighted by molar-refractivity contribution is 9.10. The van der Waals surface area contributed by atoms with E-state index in [4.69, 9.17) is 0 Å². The number of halogens is 1. The zero-order valence-corrected chi connectivity index (χ0v) is 13.2. The Morgan fingerprint density at radius 1 is 1.32 bits per heavy atom. The van der Waals surface area contributed by atoms with Crippen LogP contribution in [0.15, 0.2) is 28.7 Å². The van der Waals surface area contributed by atoms with Gasteiger partial charge in [0.2, 0.25) is 0 Å². The van der Waals surface area contributed by atoms with Crippen molar-refractivity contribution in [2.45, 2.75) is 25.8 Å². The second-order valence-corrected chi connectivity index (χ2v) is 7.16. The molecule has 104 valence electrons. The molecule has 1 unspecified atom stereocenters. The van der Waals surface area contributed by atoms with Crippen molar-refractivity contribution in [3.8, 4) is 0 Å². The minimum Gasteiger partial charge on any atom is -0.317 e.